The highest BCUT2D eigenvalue weighted by molar-refractivity contribution is 5.65. The number of rotatable bonds is 7. The molecular weight excluding hydrogens is 402 g/mol. The minimum absolute atomic E-state index is 0.294. The number of aryl methyl sites for hydroxylation is 3. The Bertz CT molecular complexity index is 1280. The molecule has 1 aromatic heterocycles. The number of benzene rings is 3. The van der Waals surface area contributed by atoms with Gasteiger partial charge in [-0.25, -0.2) is 4.79 Å². The average molecular weight is 430 g/mol. The average Bonchev–Trinajstić information content (AvgIpc) is 3.13. The molecule has 0 aliphatic carbocycles. The Morgan fingerprint density at radius 1 is 0.906 bits per heavy atom. The lowest BCUT2D eigenvalue weighted by atomic mass is 10.1. The molecule has 164 valence electrons. The molecule has 4 aromatic rings. The SMILES string of the molecule is CCN(c1ccccc1)c1ccc(OCc2c(C)cccc2-n2nnn(C)c2=O)c(C)c1. The van der Waals surface area contributed by atoms with E-state index in [4.69, 9.17) is 4.74 Å². The van der Waals surface area contributed by atoms with Crippen LogP contribution in [0.5, 0.6) is 5.75 Å². The van der Waals surface area contributed by atoms with Crippen LogP contribution in [-0.2, 0) is 13.7 Å². The van der Waals surface area contributed by atoms with E-state index in [1.54, 1.807) is 7.05 Å². The topological polar surface area (TPSA) is 65.2 Å². The van der Waals surface area contributed by atoms with E-state index >= 15 is 0 Å². The zero-order valence-corrected chi connectivity index (χ0v) is 18.8. The molecule has 0 saturated carbocycles. The standard InChI is InChI=1S/C25H27N5O2/c1-5-29(20-11-7-6-8-12-20)21-14-15-24(19(3)16-21)32-17-22-18(2)10-9-13-23(22)30-25(31)28(4)26-27-30/h6-16H,5,17H2,1-4H3. The molecule has 0 amide bonds. The van der Waals surface area contributed by atoms with Crippen LogP contribution in [0.25, 0.3) is 5.69 Å². The monoisotopic (exact) mass is 429 g/mol. The van der Waals surface area contributed by atoms with Crippen molar-refractivity contribution in [3.8, 4) is 11.4 Å². The molecule has 0 unspecified atom stereocenters. The second-order valence-corrected chi connectivity index (χ2v) is 7.69. The molecule has 0 spiro atoms. The predicted octanol–water partition coefficient (Wildman–Crippen LogP) is 4.32. The lowest BCUT2D eigenvalue weighted by Gasteiger charge is -2.24. The van der Waals surface area contributed by atoms with Crippen molar-refractivity contribution in [1.29, 1.82) is 0 Å². The molecule has 1 heterocycles. The van der Waals surface area contributed by atoms with Crippen molar-refractivity contribution in [2.75, 3.05) is 11.4 Å². The number of para-hydroxylation sites is 1. The van der Waals surface area contributed by atoms with Crippen LogP contribution in [0.15, 0.2) is 71.5 Å². The maximum Gasteiger partial charge on any atom is 0.368 e. The highest BCUT2D eigenvalue weighted by Gasteiger charge is 2.15. The fraction of sp³-hybridized carbons (Fsp3) is 0.240. The Balaban J connectivity index is 1.59. The second-order valence-electron chi connectivity index (χ2n) is 7.69. The van der Waals surface area contributed by atoms with Gasteiger partial charge in [0.25, 0.3) is 0 Å². The van der Waals surface area contributed by atoms with E-state index in [2.05, 4.69) is 46.5 Å². The van der Waals surface area contributed by atoms with Crippen molar-refractivity contribution < 1.29 is 4.74 Å². The summed E-state index contributed by atoms with van der Waals surface area (Å²) in [6, 6.07) is 22.3. The van der Waals surface area contributed by atoms with Gasteiger partial charge in [0.2, 0.25) is 0 Å². The molecule has 0 bridgehead atoms. The van der Waals surface area contributed by atoms with Crippen LogP contribution < -0.4 is 15.3 Å². The molecule has 0 aliphatic rings. The van der Waals surface area contributed by atoms with Gasteiger partial charge < -0.3 is 9.64 Å². The number of ether oxygens (including phenoxy) is 1. The van der Waals surface area contributed by atoms with E-state index in [1.165, 1.54) is 9.36 Å². The molecule has 32 heavy (non-hydrogen) atoms. The molecule has 7 nitrogen and oxygen atoms in total. The van der Waals surface area contributed by atoms with Crippen molar-refractivity contribution >= 4 is 11.4 Å². The lowest BCUT2D eigenvalue weighted by Crippen LogP contribution is -2.23. The van der Waals surface area contributed by atoms with Crippen LogP contribution in [-0.4, -0.2) is 26.3 Å². The molecule has 3 aromatic carbocycles. The van der Waals surface area contributed by atoms with Gasteiger partial charge in [0.05, 0.1) is 5.69 Å². The van der Waals surface area contributed by atoms with Gasteiger partial charge in [0.15, 0.2) is 0 Å². The van der Waals surface area contributed by atoms with Gasteiger partial charge in [-0.1, -0.05) is 30.3 Å². The largest absolute Gasteiger partial charge is 0.489 e. The normalized spacial score (nSPS) is 10.9. The van der Waals surface area contributed by atoms with Crippen molar-refractivity contribution in [2.45, 2.75) is 27.4 Å². The molecule has 0 radical (unpaired) electrons. The summed E-state index contributed by atoms with van der Waals surface area (Å²) in [6.07, 6.45) is 0. The molecular formula is C25H27N5O2. The van der Waals surface area contributed by atoms with E-state index in [9.17, 15) is 4.79 Å². The van der Waals surface area contributed by atoms with Gasteiger partial charge in [0.1, 0.15) is 12.4 Å². The molecule has 7 heteroatoms. The highest BCUT2D eigenvalue weighted by atomic mass is 16.5. The predicted molar refractivity (Wildman–Crippen MR) is 126 cm³/mol. The number of hydrogen-bond donors (Lipinski definition) is 0. The molecule has 0 atom stereocenters. The van der Waals surface area contributed by atoms with E-state index in [-0.39, 0.29) is 5.69 Å². The maximum absolute atomic E-state index is 12.4. The Labute approximate surface area is 187 Å². The Kier molecular flexibility index (Phi) is 6.07. The van der Waals surface area contributed by atoms with Gasteiger partial charge in [-0.3, -0.25) is 0 Å². The van der Waals surface area contributed by atoms with Crippen molar-refractivity contribution in [1.82, 2.24) is 19.8 Å². The maximum atomic E-state index is 12.4. The van der Waals surface area contributed by atoms with Gasteiger partial charge in [-0.05, 0) is 78.7 Å². The third-order valence-electron chi connectivity index (χ3n) is 5.56. The number of aromatic nitrogens is 4. The first-order valence-electron chi connectivity index (χ1n) is 10.6. The molecule has 4 rings (SSSR count). The van der Waals surface area contributed by atoms with Gasteiger partial charge in [-0.15, -0.1) is 0 Å². The first kappa shape index (κ1) is 21.4. The van der Waals surface area contributed by atoms with E-state index < -0.39 is 0 Å². The Morgan fingerprint density at radius 3 is 2.34 bits per heavy atom. The third-order valence-corrected chi connectivity index (χ3v) is 5.56. The minimum atomic E-state index is -0.294. The van der Waals surface area contributed by atoms with Crippen LogP contribution in [0.3, 0.4) is 0 Å². The summed E-state index contributed by atoms with van der Waals surface area (Å²) < 4.78 is 8.71. The first-order valence-corrected chi connectivity index (χ1v) is 10.6. The summed E-state index contributed by atoms with van der Waals surface area (Å²) in [7, 11) is 1.58. The van der Waals surface area contributed by atoms with E-state index in [1.807, 2.05) is 56.3 Å². The second kappa shape index (κ2) is 9.09. The molecule has 0 aliphatic heterocycles. The van der Waals surface area contributed by atoms with Crippen LogP contribution in [0, 0.1) is 13.8 Å². The quantitative estimate of drug-likeness (QED) is 0.438. The number of hydrogen-bond acceptors (Lipinski definition) is 5. The van der Waals surface area contributed by atoms with Crippen LogP contribution >= 0.6 is 0 Å². The summed E-state index contributed by atoms with van der Waals surface area (Å²) in [5, 5.41) is 7.81. The van der Waals surface area contributed by atoms with E-state index in [0.717, 1.165) is 40.4 Å². The zero-order chi connectivity index (χ0) is 22.7. The summed E-state index contributed by atoms with van der Waals surface area (Å²) in [4.78, 5) is 14.6. The van der Waals surface area contributed by atoms with Crippen molar-refractivity contribution in [3.63, 3.8) is 0 Å². The molecule has 0 saturated heterocycles. The minimum Gasteiger partial charge on any atom is -0.489 e. The third kappa shape index (κ3) is 4.14. The zero-order valence-electron chi connectivity index (χ0n) is 18.8. The Hall–Kier alpha value is -3.87. The lowest BCUT2D eigenvalue weighted by molar-refractivity contribution is 0.302. The number of nitrogens with zero attached hydrogens (tertiary/aromatic N) is 5. The fourth-order valence-electron chi connectivity index (χ4n) is 3.77. The fourth-order valence-corrected chi connectivity index (χ4v) is 3.77. The van der Waals surface area contributed by atoms with Crippen LogP contribution in [0.1, 0.15) is 23.6 Å². The highest BCUT2D eigenvalue weighted by Crippen LogP contribution is 2.30. The summed E-state index contributed by atoms with van der Waals surface area (Å²) >= 11 is 0. The van der Waals surface area contributed by atoms with E-state index in [0.29, 0.717) is 12.3 Å². The molecule has 0 fully saturated rings. The Morgan fingerprint density at radius 2 is 1.69 bits per heavy atom. The first-order chi connectivity index (χ1) is 15.5. The van der Waals surface area contributed by atoms with Crippen molar-refractivity contribution in [3.05, 3.63) is 93.9 Å². The summed E-state index contributed by atoms with van der Waals surface area (Å²) in [5.41, 5.74) is 5.63. The number of tetrazole rings is 1. The summed E-state index contributed by atoms with van der Waals surface area (Å²) in [5.74, 6) is 0.804. The van der Waals surface area contributed by atoms with Gasteiger partial charge in [0, 0.05) is 30.5 Å². The van der Waals surface area contributed by atoms with Crippen LogP contribution in [0.4, 0.5) is 11.4 Å². The smallest absolute Gasteiger partial charge is 0.368 e. The number of anilines is 2. The van der Waals surface area contributed by atoms with Crippen molar-refractivity contribution in [2.24, 2.45) is 7.05 Å². The van der Waals surface area contributed by atoms with Gasteiger partial charge >= 0.3 is 5.69 Å². The molecule has 0 N–H and O–H groups in total. The van der Waals surface area contributed by atoms with Crippen LogP contribution in [0.2, 0.25) is 0 Å². The summed E-state index contributed by atoms with van der Waals surface area (Å²) in [6.45, 7) is 7.37. The van der Waals surface area contributed by atoms with Gasteiger partial charge in [-0.2, -0.15) is 9.36 Å².